The first-order valence-electron chi connectivity index (χ1n) is 5.92. The predicted molar refractivity (Wildman–Crippen MR) is 74.2 cm³/mol. The lowest BCUT2D eigenvalue weighted by atomic mass is 10.2. The number of rotatable bonds is 4. The van der Waals surface area contributed by atoms with E-state index in [4.69, 9.17) is 0 Å². The molecule has 20 heavy (non-hydrogen) atoms. The van der Waals surface area contributed by atoms with Gasteiger partial charge in [0.05, 0.1) is 24.0 Å². The molecule has 0 N–H and O–H groups in total. The average Bonchev–Trinajstić information content (AvgIpc) is 3.08. The molecule has 0 atom stereocenters. The maximum absolute atomic E-state index is 13.2. The van der Waals surface area contributed by atoms with Crippen LogP contribution in [0.3, 0.4) is 0 Å². The van der Waals surface area contributed by atoms with Gasteiger partial charge < -0.3 is 0 Å². The van der Waals surface area contributed by atoms with Crippen molar-refractivity contribution in [3.63, 3.8) is 0 Å². The Morgan fingerprint density at radius 2 is 2.30 bits per heavy atom. The van der Waals surface area contributed by atoms with Crippen LogP contribution in [0.2, 0.25) is 0 Å². The molecule has 100 valence electrons. The van der Waals surface area contributed by atoms with Gasteiger partial charge in [0.15, 0.2) is 6.29 Å². The summed E-state index contributed by atoms with van der Waals surface area (Å²) in [5, 5.41) is 6.81. The molecule has 0 radical (unpaired) electrons. The van der Waals surface area contributed by atoms with Crippen molar-refractivity contribution in [2.75, 3.05) is 0 Å². The van der Waals surface area contributed by atoms with Gasteiger partial charge in [-0.25, -0.2) is 9.37 Å². The fourth-order valence-corrected chi connectivity index (χ4v) is 2.62. The van der Waals surface area contributed by atoms with Crippen LogP contribution in [0.1, 0.15) is 15.4 Å². The largest absolute Gasteiger partial charge is 0.298 e. The van der Waals surface area contributed by atoms with Gasteiger partial charge in [-0.05, 0) is 12.1 Å². The second-order valence-electron chi connectivity index (χ2n) is 4.23. The molecule has 6 heteroatoms. The molecule has 2 aromatic heterocycles. The summed E-state index contributed by atoms with van der Waals surface area (Å²) in [6, 6.07) is 6.34. The summed E-state index contributed by atoms with van der Waals surface area (Å²) < 4.78 is 14.8. The van der Waals surface area contributed by atoms with Gasteiger partial charge in [-0.2, -0.15) is 5.10 Å². The molecule has 0 aliphatic heterocycles. The minimum Gasteiger partial charge on any atom is -0.298 e. The van der Waals surface area contributed by atoms with Crippen molar-refractivity contribution in [2.45, 2.75) is 6.54 Å². The summed E-state index contributed by atoms with van der Waals surface area (Å²) >= 11 is 1.48. The Morgan fingerprint density at radius 3 is 3.05 bits per heavy atom. The Kier molecular flexibility index (Phi) is 3.39. The van der Waals surface area contributed by atoms with Crippen molar-refractivity contribution < 1.29 is 9.18 Å². The van der Waals surface area contributed by atoms with E-state index in [0.29, 0.717) is 12.1 Å². The smallest absolute Gasteiger partial charge is 0.153 e. The van der Waals surface area contributed by atoms with Crippen molar-refractivity contribution in [1.82, 2.24) is 14.8 Å². The van der Waals surface area contributed by atoms with Crippen LogP contribution in [0.25, 0.3) is 11.3 Å². The molecule has 0 amide bonds. The number of carbonyl (C=O) groups excluding carboxylic acids is 1. The van der Waals surface area contributed by atoms with Crippen molar-refractivity contribution in [2.24, 2.45) is 0 Å². The van der Waals surface area contributed by atoms with Crippen LogP contribution >= 0.6 is 11.3 Å². The fraction of sp³-hybridized carbons (Fsp3) is 0.0714. The molecule has 0 unspecified atom stereocenters. The highest BCUT2D eigenvalue weighted by Crippen LogP contribution is 2.22. The molecule has 1 aromatic carbocycles. The summed E-state index contributed by atoms with van der Waals surface area (Å²) in [6.45, 7) is 0.494. The average molecular weight is 287 g/mol. The number of hydrogen-bond acceptors (Lipinski definition) is 4. The Hall–Kier alpha value is -2.34. The third-order valence-corrected chi connectivity index (χ3v) is 3.59. The first-order valence-corrected chi connectivity index (χ1v) is 6.80. The van der Waals surface area contributed by atoms with E-state index in [1.165, 1.54) is 29.7 Å². The van der Waals surface area contributed by atoms with Crippen LogP contribution in [0.4, 0.5) is 4.39 Å². The second-order valence-corrected chi connectivity index (χ2v) is 5.17. The van der Waals surface area contributed by atoms with E-state index in [-0.39, 0.29) is 5.82 Å². The second kappa shape index (κ2) is 5.34. The number of aldehydes is 1. The molecule has 0 fully saturated rings. The Bertz CT molecular complexity index is 750. The van der Waals surface area contributed by atoms with Crippen LogP contribution in [0.5, 0.6) is 0 Å². The van der Waals surface area contributed by atoms with Crippen LogP contribution < -0.4 is 0 Å². The maximum Gasteiger partial charge on any atom is 0.153 e. The molecular weight excluding hydrogens is 277 g/mol. The Balaban J connectivity index is 1.81. The number of halogens is 1. The Morgan fingerprint density at radius 1 is 1.40 bits per heavy atom. The van der Waals surface area contributed by atoms with Gasteiger partial charge in [0.2, 0.25) is 0 Å². The minimum absolute atomic E-state index is 0.278. The highest BCUT2D eigenvalue weighted by Gasteiger charge is 2.07. The van der Waals surface area contributed by atoms with Gasteiger partial charge in [-0.3, -0.25) is 9.48 Å². The molecule has 0 bridgehead atoms. The van der Waals surface area contributed by atoms with Gasteiger partial charge in [0.1, 0.15) is 10.8 Å². The van der Waals surface area contributed by atoms with Crippen LogP contribution in [0, 0.1) is 5.82 Å². The van der Waals surface area contributed by atoms with Crippen molar-refractivity contribution in [3.8, 4) is 11.3 Å². The third kappa shape index (κ3) is 2.65. The van der Waals surface area contributed by atoms with Crippen LogP contribution in [-0.2, 0) is 6.54 Å². The van der Waals surface area contributed by atoms with E-state index in [1.807, 2.05) is 11.4 Å². The number of carbonyl (C=O) groups is 1. The zero-order chi connectivity index (χ0) is 13.9. The highest BCUT2D eigenvalue weighted by atomic mass is 32.1. The summed E-state index contributed by atoms with van der Waals surface area (Å²) in [6.07, 6.45) is 3.92. The summed E-state index contributed by atoms with van der Waals surface area (Å²) in [4.78, 5) is 15.0. The first-order chi connectivity index (χ1) is 9.74. The quantitative estimate of drug-likeness (QED) is 0.693. The molecule has 0 saturated heterocycles. The van der Waals surface area contributed by atoms with E-state index < -0.39 is 0 Å². The van der Waals surface area contributed by atoms with Crippen LogP contribution in [0.15, 0.2) is 42.0 Å². The normalized spacial score (nSPS) is 10.7. The minimum atomic E-state index is -0.278. The van der Waals surface area contributed by atoms with E-state index in [0.717, 1.165) is 22.6 Å². The molecule has 0 aliphatic carbocycles. The molecule has 0 saturated carbocycles. The van der Waals surface area contributed by atoms with Gasteiger partial charge in [-0.1, -0.05) is 12.1 Å². The van der Waals surface area contributed by atoms with Gasteiger partial charge in [0.25, 0.3) is 0 Å². The van der Waals surface area contributed by atoms with Gasteiger partial charge >= 0.3 is 0 Å². The predicted octanol–water partition coefficient (Wildman–Crippen LogP) is 3.01. The molecule has 2 heterocycles. The number of thiazole rings is 1. The molecule has 0 aliphatic rings. The monoisotopic (exact) mass is 287 g/mol. The van der Waals surface area contributed by atoms with Gasteiger partial charge in [0, 0.05) is 17.1 Å². The summed E-state index contributed by atoms with van der Waals surface area (Å²) in [5.74, 6) is -0.278. The van der Waals surface area contributed by atoms with Crippen LogP contribution in [-0.4, -0.2) is 21.1 Å². The lowest BCUT2D eigenvalue weighted by Crippen LogP contribution is -1.99. The zero-order valence-electron chi connectivity index (χ0n) is 10.4. The molecule has 3 rings (SSSR count). The SMILES string of the molecule is O=Cc1cnn(Cc2nc(-c3cccc(F)c3)cs2)c1. The lowest BCUT2D eigenvalue weighted by Gasteiger charge is -1.97. The Labute approximate surface area is 118 Å². The fourth-order valence-electron chi connectivity index (χ4n) is 1.83. The number of hydrogen-bond donors (Lipinski definition) is 0. The van der Waals surface area contributed by atoms with E-state index >= 15 is 0 Å². The third-order valence-electron chi connectivity index (χ3n) is 2.76. The number of aromatic nitrogens is 3. The summed E-state index contributed by atoms with van der Waals surface area (Å²) in [5.41, 5.74) is 2.03. The lowest BCUT2D eigenvalue weighted by molar-refractivity contribution is 0.112. The molecule has 0 spiro atoms. The molecular formula is C14H10FN3OS. The molecule has 3 aromatic rings. The van der Waals surface area contributed by atoms with E-state index in [9.17, 15) is 9.18 Å². The van der Waals surface area contributed by atoms with Gasteiger partial charge in [-0.15, -0.1) is 11.3 Å². The van der Waals surface area contributed by atoms with E-state index in [2.05, 4.69) is 10.1 Å². The van der Waals surface area contributed by atoms with E-state index in [1.54, 1.807) is 16.9 Å². The van der Waals surface area contributed by atoms with Crippen molar-refractivity contribution in [1.29, 1.82) is 0 Å². The summed E-state index contributed by atoms with van der Waals surface area (Å²) in [7, 11) is 0. The number of benzene rings is 1. The number of nitrogens with zero attached hydrogens (tertiary/aromatic N) is 3. The highest BCUT2D eigenvalue weighted by molar-refractivity contribution is 7.09. The van der Waals surface area contributed by atoms with Crippen molar-refractivity contribution >= 4 is 17.6 Å². The standard InChI is InChI=1S/C14H10FN3OS/c15-12-3-1-2-11(4-12)13-9-20-14(17-13)7-18-6-10(8-19)5-16-18/h1-6,8-9H,7H2. The maximum atomic E-state index is 13.2. The molecule has 4 nitrogen and oxygen atoms in total. The van der Waals surface area contributed by atoms with Crippen molar-refractivity contribution in [3.05, 3.63) is 58.4 Å². The first kappa shape index (κ1) is 12.7. The topological polar surface area (TPSA) is 47.8 Å². The zero-order valence-corrected chi connectivity index (χ0v) is 11.2.